The van der Waals surface area contributed by atoms with Crippen molar-refractivity contribution in [2.45, 2.75) is 25.6 Å². The molecule has 1 unspecified atom stereocenters. The standard InChI is InChI=1S/C20H25FN2OS/c1-15-4-6-17(7-5-15)14-25-13-12-22-20(24)23(3)16(2)18-8-10-19(21)11-9-18/h4-11,16H,12-14H2,1-3H3,(H,22,24). The van der Waals surface area contributed by atoms with Gasteiger partial charge in [-0.3, -0.25) is 0 Å². The highest BCUT2D eigenvalue weighted by Crippen LogP contribution is 2.19. The van der Waals surface area contributed by atoms with E-state index in [0.717, 1.165) is 17.1 Å². The minimum atomic E-state index is -0.270. The Morgan fingerprint density at radius 3 is 2.44 bits per heavy atom. The third kappa shape index (κ3) is 6.09. The molecule has 1 N–H and O–H groups in total. The van der Waals surface area contributed by atoms with Gasteiger partial charge in [0.15, 0.2) is 0 Å². The molecule has 0 aliphatic rings. The fourth-order valence-electron chi connectivity index (χ4n) is 2.37. The summed E-state index contributed by atoms with van der Waals surface area (Å²) in [4.78, 5) is 13.9. The number of nitrogens with one attached hydrogen (secondary N) is 1. The highest BCUT2D eigenvalue weighted by atomic mass is 32.2. The number of hydrogen-bond acceptors (Lipinski definition) is 2. The molecule has 0 aromatic heterocycles. The van der Waals surface area contributed by atoms with Gasteiger partial charge in [0.2, 0.25) is 0 Å². The van der Waals surface area contributed by atoms with Crippen LogP contribution in [0.1, 0.15) is 29.7 Å². The highest BCUT2D eigenvalue weighted by Gasteiger charge is 2.16. The van der Waals surface area contributed by atoms with E-state index in [4.69, 9.17) is 0 Å². The van der Waals surface area contributed by atoms with E-state index < -0.39 is 0 Å². The smallest absolute Gasteiger partial charge is 0.317 e. The maximum absolute atomic E-state index is 13.0. The van der Waals surface area contributed by atoms with E-state index in [2.05, 4.69) is 36.5 Å². The van der Waals surface area contributed by atoms with Gasteiger partial charge in [-0.05, 0) is 37.1 Å². The fraction of sp³-hybridized carbons (Fsp3) is 0.350. The number of amides is 2. The first-order valence-corrected chi connectivity index (χ1v) is 9.52. The van der Waals surface area contributed by atoms with E-state index in [9.17, 15) is 9.18 Å². The number of halogens is 1. The van der Waals surface area contributed by atoms with Gasteiger partial charge in [0.1, 0.15) is 5.82 Å². The van der Waals surface area contributed by atoms with Gasteiger partial charge >= 0.3 is 6.03 Å². The molecule has 5 heteroatoms. The van der Waals surface area contributed by atoms with Gasteiger partial charge in [0.25, 0.3) is 0 Å². The summed E-state index contributed by atoms with van der Waals surface area (Å²) >= 11 is 1.80. The van der Waals surface area contributed by atoms with Crippen molar-refractivity contribution in [3.8, 4) is 0 Å². The van der Waals surface area contributed by atoms with E-state index >= 15 is 0 Å². The van der Waals surface area contributed by atoms with E-state index in [0.29, 0.717) is 6.54 Å². The third-order valence-corrected chi connectivity index (χ3v) is 5.20. The summed E-state index contributed by atoms with van der Waals surface area (Å²) in [7, 11) is 1.75. The Morgan fingerprint density at radius 2 is 1.80 bits per heavy atom. The number of urea groups is 1. The van der Waals surface area contributed by atoms with Crippen LogP contribution in [-0.4, -0.2) is 30.3 Å². The van der Waals surface area contributed by atoms with Gasteiger partial charge in [-0.15, -0.1) is 0 Å². The zero-order valence-corrected chi connectivity index (χ0v) is 15.8. The molecule has 0 fully saturated rings. The number of benzene rings is 2. The van der Waals surface area contributed by atoms with Crippen molar-refractivity contribution in [3.05, 3.63) is 71.0 Å². The third-order valence-electron chi connectivity index (χ3n) is 4.17. The fourth-order valence-corrected chi connectivity index (χ4v) is 3.19. The van der Waals surface area contributed by atoms with Crippen LogP contribution in [0.15, 0.2) is 48.5 Å². The molecule has 134 valence electrons. The quantitative estimate of drug-likeness (QED) is 0.721. The summed E-state index contributed by atoms with van der Waals surface area (Å²) in [6, 6.07) is 14.5. The number of nitrogens with zero attached hydrogens (tertiary/aromatic N) is 1. The summed E-state index contributed by atoms with van der Waals surface area (Å²) in [6.45, 7) is 4.63. The molecule has 0 bridgehead atoms. The van der Waals surface area contributed by atoms with Crippen molar-refractivity contribution in [2.75, 3.05) is 19.3 Å². The second-order valence-electron chi connectivity index (χ2n) is 6.11. The number of thioether (sulfide) groups is 1. The topological polar surface area (TPSA) is 32.3 Å². The van der Waals surface area contributed by atoms with Crippen LogP contribution in [0.5, 0.6) is 0 Å². The predicted molar refractivity (Wildman–Crippen MR) is 103 cm³/mol. The Balaban J connectivity index is 1.70. The Labute approximate surface area is 153 Å². The summed E-state index contributed by atoms with van der Waals surface area (Å²) in [5.74, 6) is 1.53. The lowest BCUT2D eigenvalue weighted by molar-refractivity contribution is 0.195. The molecular weight excluding hydrogens is 335 g/mol. The lowest BCUT2D eigenvalue weighted by Crippen LogP contribution is -2.39. The maximum atomic E-state index is 13.0. The molecular formula is C20H25FN2OS. The van der Waals surface area contributed by atoms with Crippen LogP contribution in [-0.2, 0) is 5.75 Å². The zero-order valence-electron chi connectivity index (χ0n) is 15.0. The first-order valence-electron chi connectivity index (χ1n) is 8.37. The Morgan fingerprint density at radius 1 is 1.16 bits per heavy atom. The molecule has 0 aliphatic carbocycles. The van der Waals surface area contributed by atoms with Crippen molar-refractivity contribution < 1.29 is 9.18 Å². The number of carbonyl (C=O) groups is 1. The number of rotatable bonds is 7. The second-order valence-corrected chi connectivity index (χ2v) is 7.21. The average molecular weight is 360 g/mol. The molecule has 0 radical (unpaired) electrons. The van der Waals surface area contributed by atoms with Crippen LogP contribution in [0.4, 0.5) is 9.18 Å². The van der Waals surface area contributed by atoms with Crippen LogP contribution >= 0.6 is 11.8 Å². The zero-order chi connectivity index (χ0) is 18.2. The molecule has 2 aromatic rings. The first-order chi connectivity index (χ1) is 12.0. The lowest BCUT2D eigenvalue weighted by Gasteiger charge is -2.25. The molecule has 0 saturated heterocycles. The van der Waals surface area contributed by atoms with E-state index in [1.807, 2.05) is 6.92 Å². The molecule has 0 heterocycles. The number of hydrogen-bond donors (Lipinski definition) is 1. The molecule has 25 heavy (non-hydrogen) atoms. The SMILES string of the molecule is Cc1ccc(CSCCNC(=O)N(C)C(C)c2ccc(F)cc2)cc1. The Hall–Kier alpha value is -2.01. The summed E-state index contributed by atoms with van der Waals surface area (Å²) in [6.07, 6.45) is 0. The van der Waals surface area contributed by atoms with Crippen LogP contribution in [0.25, 0.3) is 0 Å². The van der Waals surface area contributed by atoms with Crippen LogP contribution < -0.4 is 5.32 Å². The lowest BCUT2D eigenvalue weighted by atomic mass is 10.1. The van der Waals surface area contributed by atoms with E-state index in [-0.39, 0.29) is 17.9 Å². The van der Waals surface area contributed by atoms with Gasteiger partial charge in [0, 0.05) is 25.1 Å². The normalized spacial score (nSPS) is 11.8. The highest BCUT2D eigenvalue weighted by molar-refractivity contribution is 7.98. The van der Waals surface area contributed by atoms with Crippen molar-refractivity contribution in [1.29, 1.82) is 0 Å². The maximum Gasteiger partial charge on any atom is 0.317 e. The number of carbonyl (C=O) groups excluding carboxylic acids is 1. The van der Waals surface area contributed by atoms with Gasteiger partial charge in [-0.25, -0.2) is 9.18 Å². The van der Waals surface area contributed by atoms with Crippen LogP contribution in [0, 0.1) is 12.7 Å². The minimum absolute atomic E-state index is 0.110. The Kier molecular flexibility index (Phi) is 7.31. The van der Waals surface area contributed by atoms with Crippen molar-refractivity contribution >= 4 is 17.8 Å². The largest absolute Gasteiger partial charge is 0.337 e. The minimum Gasteiger partial charge on any atom is -0.337 e. The van der Waals surface area contributed by atoms with Gasteiger partial charge < -0.3 is 10.2 Å². The van der Waals surface area contributed by atoms with Crippen molar-refractivity contribution in [1.82, 2.24) is 10.2 Å². The molecule has 1 atom stereocenters. The summed E-state index contributed by atoms with van der Waals surface area (Å²) in [5, 5.41) is 2.93. The molecule has 0 saturated carbocycles. The van der Waals surface area contributed by atoms with E-state index in [1.54, 1.807) is 35.8 Å². The van der Waals surface area contributed by atoms with E-state index in [1.165, 1.54) is 23.3 Å². The first kappa shape index (κ1) is 19.3. The summed E-state index contributed by atoms with van der Waals surface area (Å²) < 4.78 is 13.0. The summed E-state index contributed by atoms with van der Waals surface area (Å²) in [5.41, 5.74) is 3.47. The molecule has 2 aromatic carbocycles. The van der Waals surface area contributed by atoms with Crippen molar-refractivity contribution in [2.24, 2.45) is 0 Å². The molecule has 2 amide bonds. The molecule has 0 spiro atoms. The predicted octanol–water partition coefficient (Wildman–Crippen LogP) is 4.77. The Bertz CT molecular complexity index is 673. The molecule has 0 aliphatic heterocycles. The number of aryl methyl sites for hydroxylation is 1. The van der Waals surface area contributed by atoms with Crippen molar-refractivity contribution in [3.63, 3.8) is 0 Å². The molecule has 2 rings (SSSR count). The monoisotopic (exact) mass is 360 g/mol. The molecule has 3 nitrogen and oxygen atoms in total. The van der Waals surface area contributed by atoms with Gasteiger partial charge in [-0.1, -0.05) is 42.0 Å². The van der Waals surface area contributed by atoms with Gasteiger partial charge in [0.05, 0.1) is 6.04 Å². The van der Waals surface area contributed by atoms with Crippen LogP contribution in [0.2, 0.25) is 0 Å². The van der Waals surface area contributed by atoms with Crippen LogP contribution in [0.3, 0.4) is 0 Å². The van der Waals surface area contributed by atoms with Gasteiger partial charge in [-0.2, -0.15) is 11.8 Å². The second kappa shape index (κ2) is 9.47. The average Bonchev–Trinajstić information content (AvgIpc) is 2.62.